The first kappa shape index (κ1) is 13.1. The van der Waals surface area contributed by atoms with Gasteiger partial charge in [-0.3, -0.25) is 4.68 Å². The second kappa shape index (κ2) is 6.03. The number of rotatable bonds is 5. The second-order valence-corrected chi connectivity index (χ2v) is 4.87. The molecule has 0 amide bonds. The van der Waals surface area contributed by atoms with E-state index < -0.39 is 0 Å². The zero-order chi connectivity index (χ0) is 13.0. The average Bonchev–Trinajstić information content (AvgIpc) is 2.75. The van der Waals surface area contributed by atoms with Crippen molar-refractivity contribution in [2.75, 3.05) is 13.6 Å². The lowest BCUT2D eigenvalue weighted by Gasteiger charge is -2.17. The number of aromatic nitrogens is 2. The summed E-state index contributed by atoms with van der Waals surface area (Å²) < 4.78 is 1.83. The van der Waals surface area contributed by atoms with Crippen LogP contribution in [-0.2, 0) is 13.5 Å². The van der Waals surface area contributed by atoms with Crippen molar-refractivity contribution < 1.29 is 0 Å². The molecule has 0 saturated heterocycles. The van der Waals surface area contributed by atoms with Crippen LogP contribution in [0.5, 0.6) is 0 Å². The minimum atomic E-state index is 0.346. The first-order chi connectivity index (χ1) is 8.70. The number of hydrogen-bond acceptors (Lipinski definition) is 2. The Kier molecular flexibility index (Phi) is 4.39. The van der Waals surface area contributed by atoms with Gasteiger partial charge in [0.25, 0.3) is 0 Å². The summed E-state index contributed by atoms with van der Waals surface area (Å²) in [5, 5.41) is 8.49. The Bertz CT molecular complexity index is 507. The zero-order valence-electron chi connectivity index (χ0n) is 10.7. The highest BCUT2D eigenvalue weighted by atomic mass is 35.5. The Hall–Kier alpha value is -1.32. The molecule has 1 aromatic carbocycles. The normalized spacial score (nSPS) is 12.6. The molecule has 0 aliphatic heterocycles. The fraction of sp³-hybridized carbons (Fsp3) is 0.357. The summed E-state index contributed by atoms with van der Waals surface area (Å²) in [5.74, 6) is 0.346. The van der Waals surface area contributed by atoms with Crippen LogP contribution in [0.25, 0.3) is 0 Å². The fourth-order valence-electron chi connectivity index (χ4n) is 2.17. The summed E-state index contributed by atoms with van der Waals surface area (Å²) in [6.07, 6.45) is 2.86. The second-order valence-electron chi connectivity index (χ2n) is 4.46. The van der Waals surface area contributed by atoms with Crippen LogP contribution in [0.2, 0.25) is 5.02 Å². The standard InChI is InChI=1S/C14H18ClN3/c1-16-10-11(9-12-7-8-18(2)17-12)13-5-3-4-6-14(13)15/h3-8,11,16H,9-10H2,1-2H3. The molecule has 2 aromatic rings. The number of benzene rings is 1. The van der Waals surface area contributed by atoms with Crippen LogP contribution in [0.4, 0.5) is 0 Å². The van der Waals surface area contributed by atoms with Crippen LogP contribution >= 0.6 is 11.6 Å². The van der Waals surface area contributed by atoms with E-state index >= 15 is 0 Å². The smallest absolute Gasteiger partial charge is 0.0631 e. The molecule has 18 heavy (non-hydrogen) atoms. The largest absolute Gasteiger partial charge is 0.319 e. The topological polar surface area (TPSA) is 29.9 Å². The van der Waals surface area contributed by atoms with Gasteiger partial charge in [-0.15, -0.1) is 0 Å². The molecule has 0 spiro atoms. The van der Waals surface area contributed by atoms with Gasteiger partial charge in [0, 0.05) is 30.7 Å². The van der Waals surface area contributed by atoms with E-state index in [0.717, 1.165) is 23.7 Å². The van der Waals surface area contributed by atoms with E-state index in [4.69, 9.17) is 11.6 Å². The molecular formula is C14H18ClN3. The third kappa shape index (κ3) is 3.12. The lowest BCUT2D eigenvalue weighted by molar-refractivity contribution is 0.609. The van der Waals surface area contributed by atoms with Crippen LogP contribution in [-0.4, -0.2) is 23.4 Å². The molecular weight excluding hydrogens is 246 g/mol. The molecule has 3 nitrogen and oxygen atoms in total. The summed E-state index contributed by atoms with van der Waals surface area (Å²) in [4.78, 5) is 0. The summed E-state index contributed by atoms with van der Waals surface area (Å²) in [7, 11) is 3.90. The quantitative estimate of drug-likeness (QED) is 0.899. The van der Waals surface area contributed by atoms with Crippen molar-refractivity contribution in [1.82, 2.24) is 15.1 Å². The van der Waals surface area contributed by atoms with Gasteiger partial charge in [-0.05, 0) is 31.2 Å². The van der Waals surface area contributed by atoms with Crippen molar-refractivity contribution in [3.05, 3.63) is 52.8 Å². The summed E-state index contributed by atoms with van der Waals surface area (Å²) in [6.45, 7) is 0.889. The average molecular weight is 264 g/mol. The Morgan fingerprint density at radius 1 is 1.33 bits per heavy atom. The summed E-state index contributed by atoms with van der Waals surface area (Å²) in [5.41, 5.74) is 2.27. The van der Waals surface area contributed by atoms with Crippen molar-refractivity contribution in [1.29, 1.82) is 0 Å². The highest BCUT2D eigenvalue weighted by Gasteiger charge is 2.15. The van der Waals surface area contributed by atoms with Gasteiger partial charge in [0.2, 0.25) is 0 Å². The SMILES string of the molecule is CNCC(Cc1ccn(C)n1)c1ccccc1Cl. The lowest BCUT2D eigenvalue weighted by Crippen LogP contribution is -2.19. The lowest BCUT2D eigenvalue weighted by atomic mass is 9.94. The number of halogens is 1. The maximum atomic E-state index is 6.27. The Morgan fingerprint density at radius 2 is 2.11 bits per heavy atom. The van der Waals surface area contributed by atoms with E-state index in [0.29, 0.717) is 5.92 Å². The van der Waals surface area contributed by atoms with E-state index in [1.165, 1.54) is 5.56 Å². The van der Waals surface area contributed by atoms with Crippen molar-refractivity contribution in [2.24, 2.45) is 7.05 Å². The van der Waals surface area contributed by atoms with Gasteiger partial charge >= 0.3 is 0 Å². The fourth-order valence-corrected chi connectivity index (χ4v) is 2.46. The first-order valence-electron chi connectivity index (χ1n) is 6.08. The highest BCUT2D eigenvalue weighted by molar-refractivity contribution is 6.31. The molecule has 1 unspecified atom stereocenters. The van der Waals surface area contributed by atoms with Crippen molar-refractivity contribution in [3.63, 3.8) is 0 Å². The number of nitrogens with zero attached hydrogens (tertiary/aromatic N) is 2. The predicted molar refractivity (Wildman–Crippen MR) is 75.0 cm³/mol. The molecule has 0 aliphatic rings. The molecule has 1 heterocycles. The number of likely N-dealkylation sites (N-methyl/N-ethyl adjacent to an activating group) is 1. The Balaban J connectivity index is 2.20. The van der Waals surface area contributed by atoms with Gasteiger partial charge in [-0.25, -0.2) is 0 Å². The van der Waals surface area contributed by atoms with E-state index in [9.17, 15) is 0 Å². The maximum absolute atomic E-state index is 6.27. The minimum absolute atomic E-state index is 0.346. The van der Waals surface area contributed by atoms with E-state index in [1.54, 1.807) is 0 Å². The third-order valence-corrected chi connectivity index (χ3v) is 3.36. The van der Waals surface area contributed by atoms with Gasteiger partial charge in [-0.1, -0.05) is 29.8 Å². The molecule has 4 heteroatoms. The van der Waals surface area contributed by atoms with Gasteiger partial charge in [0.05, 0.1) is 5.69 Å². The van der Waals surface area contributed by atoms with Crippen LogP contribution in [0.15, 0.2) is 36.5 Å². The van der Waals surface area contributed by atoms with E-state index in [-0.39, 0.29) is 0 Å². The van der Waals surface area contributed by atoms with Gasteiger partial charge < -0.3 is 5.32 Å². The summed E-state index contributed by atoms with van der Waals surface area (Å²) in [6, 6.07) is 10.1. The Morgan fingerprint density at radius 3 is 2.72 bits per heavy atom. The van der Waals surface area contributed by atoms with Crippen molar-refractivity contribution >= 4 is 11.6 Å². The van der Waals surface area contributed by atoms with Crippen LogP contribution in [0.1, 0.15) is 17.2 Å². The number of aryl methyl sites for hydroxylation is 1. The molecule has 1 atom stereocenters. The third-order valence-electron chi connectivity index (χ3n) is 3.02. The first-order valence-corrected chi connectivity index (χ1v) is 6.46. The molecule has 1 aromatic heterocycles. The van der Waals surface area contributed by atoms with Crippen molar-refractivity contribution in [2.45, 2.75) is 12.3 Å². The molecule has 96 valence electrons. The molecule has 0 aliphatic carbocycles. The van der Waals surface area contributed by atoms with E-state index in [1.807, 2.05) is 43.2 Å². The molecule has 0 bridgehead atoms. The minimum Gasteiger partial charge on any atom is -0.319 e. The van der Waals surface area contributed by atoms with E-state index in [2.05, 4.69) is 22.5 Å². The zero-order valence-corrected chi connectivity index (χ0v) is 11.5. The molecule has 0 saturated carbocycles. The molecule has 0 radical (unpaired) electrons. The number of nitrogens with one attached hydrogen (secondary N) is 1. The monoisotopic (exact) mass is 263 g/mol. The predicted octanol–water partition coefficient (Wildman–Crippen LogP) is 2.62. The van der Waals surface area contributed by atoms with Gasteiger partial charge in [0.1, 0.15) is 0 Å². The maximum Gasteiger partial charge on any atom is 0.0631 e. The highest BCUT2D eigenvalue weighted by Crippen LogP contribution is 2.26. The summed E-state index contributed by atoms with van der Waals surface area (Å²) >= 11 is 6.27. The van der Waals surface area contributed by atoms with Crippen molar-refractivity contribution in [3.8, 4) is 0 Å². The van der Waals surface area contributed by atoms with Crippen LogP contribution in [0, 0.1) is 0 Å². The van der Waals surface area contributed by atoms with Crippen LogP contribution < -0.4 is 5.32 Å². The van der Waals surface area contributed by atoms with Gasteiger partial charge in [-0.2, -0.15) is 5.10 Å². The molecule has 1 N–H and O–H groups in total. The Labute approximate surface area is 113 Å². The molecule has 0 fully saturated rings. The van der Waals surface area contributed by atoms with Gasteiger partial charge in [0.15, 0.2) is 0 Å². The number of hydrogen-bond donors (Lipinski definition) is 1. The molecule has 2 rings (SSSR count). The van der Waals surface area contributed by atoms with Crippen LogP contribution in [0.3, 0.4) is 0 Å².